The number of nitrogens with two attached hydrogens (primary N) is 1. The number of hydrogen-bond donors (Lipinski definition) is 2. The van der Waals surface area contributed by atoms with Crippen molar-refractivity contribution in [1.29, 1.82) is 0 Å². The highest BCUT2D eigenvalue weighted by Gasteiger charge is 2.33. The van der Waals surface area contributed by atoms with Gasteiger partial charge < -0.3 is 20.7 Å². The quantitative estimate of drug-likeness (QED) is 0.603. The van der Waals surface area contributed by atoms with Crippen LogP contribution < -0.4 is 11.1 Å². The minimum atomic E-state index is -0.157. The normalized spacial score (nSPS) is 37.1. The van der Waals surface area contributed by atoms with Crippen LogP contribution >= 0.6 is 0 Å². The smallest absolute Gasteiger partial charge is 0.227 e. The van der Waals surface area contributed by atoms with E-state index in [1.54, 1.807) is 0 Å². The molecule has 0 radical (unpaired) electrons. The first-order valence-electron chi connectivity index (χ1n) is 5.49. The second-order valence-corrected chi connectivity index (χ2v) is 4.56. The van der Waals surface area contributed by atoms with Gasteiger partial charge in [-0.25, -0.2) is 0 Å². The second-order valence-electron chi connectivity index (χ2n) is 4.56. The lowest BCUT2D eigenvalue weighted by molar-refractivity contribution is -0.125. The molecule has 2 aliphatic rings. The average molecular weight is 213 g/mol. The summed E-state index contributed by atoms with van der Waals surface area (Å²) in [4.78, 5) is 14.0. The van der Waals surface area contributed by atoms with Crippen LogP contribution in [0.1, 0.15) is 6.42 Å². The van der Waals surface area contributed by atoms with Crippen molar-refractivity contribution in [1.82, 2.24) is 10.2 Å². The van der Waals surface area contributed by atoms with Crippen molar-refractivity contribution in [3.63, 3.8) is 0 Å². The Bertz CT molecular complexity index is 247. The van der Waals surface area contributed by atoms with Crippen LogP contribution in [0.25, 0.3) is 0 Å². The number of amides is 1. The summed E-state index contributed by atoms with van der Waals surface area (Å²) in [5.74, 6) is -0.101. The summed E-state index contributed by atoms with van der Waals surface area (Å²) in [7, 11) is 2.07. The highest BCUT2D eigenvalue weighted by molar-refractivity contribution is 5.80. The van der Waals surface area contributed by atoms with Gasteiger partial charge in [-0.3, -0.25) is 4.79 Å². The van der Waals surface area contributed by atoms with Crippen LogP contribution in [0.4, 0.5) is 0 Å². The molecule has 0 saturated carbocycles. The molecule has 2 heterocycles. The number of nitrogens with one attached hydrogen (secondary N) is 1. The number of likely N-dealkylation sites (N-methyl/N-ethyl adjacent to an activating group) is 1. The topological polar surface area (TPSA) is 67.6 Å². The molecule has 0 aliphatic carbocycles. The molecule has 5 nitrogen and oxygen atoms in total. The molecule has 0 aromatic rings. The lowest BCUT2D eigenvalue weighted by Crippen LogP contribution is -2.45. The second kappa shape index (κ2) is 4.47. The lowest BCUT2D eigenvalue weighted by Gasteiger charge is -2.17. The monoisotopic (exact) mass is 213 g/mol. The number of rotatable bonds is 2. The Kier molecular flexibility index (Phi) is 3.23. The molecule has 3 atom stereocenters. The van der Waals surface area contributed by atoms with Gasteiger partial charge in [0.05, 0.1) is 19.1 Å². The molecular formula is C10H19N3O2. The van der Waals surface area contributed by atoms with Gasteiger partial charge in [0.2, 0.25) is 5.91 Å². The highest BCUT2D eigenvalue weighted by Crippen LogP contribution is 2.13. The van der Waals surface area contributed by atoms with E-state index < -0.39 is 0 Å². The van der Waals surface area contributed by atoms with E-state index >= 15 is 0 Å². The summed E-state index contributed by atoms with van der Waals surface area (Å²) in [5.41, 5.74) is 5.79. The number of ether oxygens (including phenoxy) is 1. The van der Waals surface area contributed by atoms with Gasteiger partial charge in [-0.1, -0.05) is 0 Å². The largest absolute Gasteiger partial charge is 0.379 e. The van der Waals surface area contributed by atoms with E-state index in [1.165, 1.54) is 0 Å². The SMILES string of the molecule is CN1CCC(NC(=O)C2COCC2N)C1. The molecule has 2 rings (SSSR count). The minimum absolute atomic E-state index is 0.0558. The van der Waals surface area contributed by atoms with E-state index in [9.17, 15) is 4.79 Å². The molecule has 0 bridgehead atoms. The molecule has 1 amide bonds. The summed E-state index contributed by atoms with van der Waals surface area (Å²) >= 11 is 0. The number of carbonyl (C=O) groups excluding carboxylic acids is 1. The van der Waals surface area contributed by atoms with E-state index in [2.05, 4.69) is 17.3 Å². The highest BCUT2D eigenvalue weighted by atomic mass is 16.5. The Hall–Kier alpha value is -0.650. The summed E-state index contributed by atoms with van der Waals surface area (Å²) in [6.45, 7) is 2.96. The fraction of sp³-hybridized carbons (Fsp3) is 0.900. The van der Waals surface area contributed by atoms with Gasteiger partial charge in [0.25, 0.3) is 0 Å². The number of likely N-dealkylation sites (tertiary alicyclic amines) is 1. The van der Waals surface area contributed by atoms with Crippen LogP contribution in [0.15, 0.2) is 0 Å². The van der Waals surface area contributed by atoms with Crippen LogP contribution in [0.2, 0.25) is 0 Å². The van der Waals surface area contributed by atoms with Crippen LogP contribution in [0, 0.1) is 5.92 Å². The first-order chi connectivity index (χ1) is 7.16. The van der Waals surface area contributed by atoms with Crippen molar-refractivity contribution < 1.29 is 9.53 Å². The molecule has 2 aliphatic heterocycles. The van der Waals surface area contributed by atoms with Gasteiger partial charge in [0, 0.05) is 18.6 Å². The van der Waals surface area contributed by atoms with Gasteiger partial charge in [-0.15, -0.1) is 0 Å². The molecule has 0 aromatic heterocycles. The van der Waals surface area contributed by atoms with Crippen molar-refractivity contribution in [2.45, 2.75) is 18.5 Å². The third-order valence-electron chi connectivity index (χ3n) is 3.20. The predicted octanol–water partition coefficient (Wildman–Crippen LogP) is -1.22. The molecule has 86 valence electrons. The molecular weight excluding hydrogens is 194 g/mol. The van der Waals surface area contributed by atoms with Crippen LogP contribution in [-0.4, -0.2) is 56.2 Å². The van der Waals surface area contributed by atoms with Crippen molar-refractivity contribution in [2.24, 2.45) is 11.7 Å². The Morgan fingerprint density at radius 1 is 1.53 bits per heavy atom. The average Bonchev–Trinajstić information content (AvgIpc) is 2.75. The van der Waals surface area contributed by atoms with Gasteiger partial charge in [-0.05, 0) is 20.0 Å². The molecule has 15 heavy (non-hydrogen) atoms. The fourth-order valence-corrected chi connectivity index (χ4v) is 2.20. The lowest BCUT2D eigenvalue weighted by atomic mass is 10.0. The Balaban J connectivity index is 1.81. The fourth-order valence-electron chi connectivity index (χ4n) is 2.20. The Morgan fingerprint density at radius 3 is 2.87 bits per heavy atom. The summed E-state index contributed by atoms with van der Waals surface area (Å²) < 4.78 is 5.18. The third kappa shape index (κ3) is 2.48. The van der Waals surface area contributed by atoms with Gasteiger partial charge in [0.1, 0.15) is 0 Å². The van der Waals surface area contributed by atoms with E-state index in [0.29, 0.717) is 13.2 Å². The van der Waals surface area contributed by atoms with Gasteiger partial charge in [-0.2, -0.15) is 0 Å². The summed E-state index contributed by atoms with van der Waals surface area (Å²) in [6.07, 6.45) is 1.03. The molecule has 2 fully saturated rings. The molecule has 0 aromatic carbocycles. The van der Waals surface area contributed by atoms with Crippen LogP contribution in [-0.2, 0) is 9.53 Å². The zero-order valence-corrected chi connectivity index (χ0v) is 9.11. The van der Waals surface area contributed by atoms with E-state index in [4.69, 9.17) is 10.5 Å². The summed E-state index contributed by atoms with van der Waals surface area (Å²) in [5, 5.41) is 3.04. The Labute approximate surface area is 89.9 Å². The number of hydrogen-bond acceptors (Lipinski definition) is 4. The maximum absolute atomic E-state index is 11.8. The first-order valence-corrected chi connectivity index (χ1v) is 5.49. The molecule has 0 spiro atoms. The van der Waals surface area contributed by atoms with Crippen LogP contribution in [0.5, 0.6) is 0 Å². The van der Waals surface area contributed by atoms with E-state index in [-0.39, 0.29) is 23.9 Å². The van der Waals surface area contributed by atoms with E-state index in [1.807, 2.05) is 0 Å². The zero-order valence-electron chi connectivity index (χ0n) is 9.11. The van der Waals surface area contributed by atoms with Crippen LogP contribution in [0.3, 0.4) is 0 Å². The zero-order chi connectivity index (χ0) is 10.8. The van der Waals surface area contributed by atoms with Gasteiger partial charge in [0.15, 0.2) is 0 Å². The van der Waals surface area contributed by atoms with Gasteiger partial charge >= 0.3 is 0 Å². The Morgan fingerprint density at radius 2 is 2.33 bits per heavy atom. The standard InChI is InChI=1S/C10H19N3O2/c1-13-3-2-7(4-13)12-10(14)8-5-15-6-9(8)11/h7-9H,2-6,11H2,1H3,(H,12,14). The molecule has 5 heteroatoms. The minimum Gasteiger partial charge on any atom is -0.379 e. The maximum Gasteiger partial charge on any atom is 0.227 e. The number of nitrogens with zero attached hydrogens (tertiary/aromatic N) is 1. The van der Waals surface area contributed by atoms with Crippen molar-refractivity contribution in [3.8, 4) is 0 Å². The maximum atomic E-state index is 11.8. The number of carbonyl (C=O) groups is 1. The summed E-state index contributed by atoms with van der Waals surface area (Å²) in [6, 6.07) is 0.152. The van der Waals surface area contributed by atoms with Crippen molar-refractivity contribution in [2.75, 3.05) is 33.4 Å². The van der Waals surface area contributed by atoms with Crippen molar-refractivity contribution >= 4 is 5.91 Å². The van der Waals surface area contributed by atoms with Crippen molar-refractivity contribution in [3.05, 3.63) is 0 Å². The third-order valence-corrected chi connectivity index (χ3v) is 3.20. The molecule has 2 saturated heterocycles. The molecule has 3 N–H and O–H groups in total. The first kappa shape index (κ1) is 10.9. The molecule has 3 unspecified atom stereocenters. The van der Waals surface area contributed by atoms with E-state index in [0.717, 1.165) is 19.5 Å². The predicted molar refractivity (Wildman–Crippen MR) is 56.3 cm³/mol.